The van der Waals surface area contributed by atoms with Gasteiger partial charge in [-0.3, -0.25) is 0 Å². The number of hydrogen-bond donors (Lipinski definition) is 0. The van der Waals surface area contributed by atoms with Crippen molar-refractivity contribution in [2.24, 2.45) is 17.8 Å². The van der Waals surface area contributed by atoms with E-state index in [9.17, 15) is 0 Å². The Morgan fingerprint density at radius 1 is 0.886 bits per heavy atom. The largest absolute Gasteiger partial charge is 0.362 e. The van der Waals surface area contributed by atoms with Crippen molar-refractivity contribution in [1.29, 1.82) is 0 Å². The van der Waals surface area contributed by atoms with Gasteiger partial charge in [0, 0.05) is 19.5 Å². The van der Waals surface area contributed by atoms with Gasteiger partial charge in [-0.2, -0.15) is 0 Å². The van der Waals surface area contributed by atoms with Gasteiger partial charge in [-0.25, -0.2) is 9.97 Å². The number of aryl methyl sites for hydroxylation is 1. The van der Waals surface area contributed by atoms with Gasteiger partial charge in [0.15, 0.2) is 0 Å². The zero-order chi connectivity index (χ0) is 25.6. The molecule has 0 aliphatic heterocycles. The summed E-state index contributed by atoms with van der Waals surface area (Å²) >= 11 is 0. The summed E-state index contributed by atoms with van der Waals surface area (Å²) in [5.74, 6) is 4.72. The minimum atomic E-state index is 0.812. The second kappa shape index (κ2) is 15.5. The van der Waals surface area contributed by atoms with Crippen LogP contribution in [0.4, 0.5) is 5.82 Å². The van der Waals surface area contributed by atoms with Gasteiger partial charge in [0.25, 0.3) is 0 Å². The van der Waals surface area contributed by atoms with E-state index >= 15 is 0 Å². The highest BCUT2D eigenvalue weighted by Gasteiger charge is 2.16. The molecular formula is C32H49N3. The number of aromatic nitrogens is 2. The number of para-hydroxylation sites is 1. The second-order valence-corrected chi connectivity index (χ2v) is 10.6. The fourth-order valence-electron chi connectivity index (χ4n) is 4.70. The standard InChI is InChI=1S/C11H13N3.C11H16.C10H20/c1-8-12-10-7-5-4-6-9(10)11(13-8)14(2)3;1-3-10(2)9-11-7-5-4-6-8-11;1-3-4-10-7-5-9(2)6-8-10/h4-7H,1-3H3;4-8,10H,3,9H2,1-2H3;9-10H,3-8H2,1-2H3. The lowest BCUT2D eigenvalue weighted by Gasteiger charge is -2.25. The van der Waals surface area contributed by atoms with Crippen molar-refractivity contribution in [3.8, 4) is 0 Å². The highest BCUT2D eigenvalue weighted by atomic mass is 15.1. The lowest BCUT2D eigenvalue weighted by Crippen LogP contribution is -2.12. The minimum absolute atomic E-state index is 0.812. The summed E-state index contributed by atoms with van der Waals surface area (Å²) in [6, 6.07) is 18.7. The highest BCUT2D eigenvalue weighted by molar-refractivity contribution is 5.89. The van der Waals surface area contributed by atoms with Gasteiger partial charge in [-0.05, 0) is 48.8 Å². The molecule has 1 aliphatic carbocycles. The molecule has 4 rings (SSSR count). The van der Waals surface area contributed by atoms with E-state index < -0.39 is 0 Å². The third-order valence-corrected chi connectivity index (χ3v) is 7.07. The van der Waals surface area contributed by atoms with Gasteiger partial charge in [-0.15, -0.1) is 0 Å². The molecule has 0 N–H and O–H groups in total. The van der Waals surface area contributed by atoms with Crippen LogP contribution >= 0.6 is 0 Å². The molecule has 0 bridgehead atoms. The Morgan fingerprint density at radius 3 is 2.11 bits per heavy atom. The van der Waals surface area contributed by atoms with Crippen LogP contribution in [0, 0.1) is 24.7 Å². The Bertz CT molecular complexity index is 959. The Hall–Kier alpha value is -2.42. The second-order valence-electron chi connectivity index (χ2n) is 10.6. The predicted octanol–water partition coefficient (Wildman–Crippen LogP) is 8.89. The molecule has 1 atom stereocenters. The summed E-state index contributed by atoms with van der Waals surface area (Å²) in [6.45, 7) is 11.2. The lowest BCUT2D eigenvalue weighted by molar-refractivity contribution is 0.276. The topological polar surface area (TPSA) is 29.0 Å². The molecule has 1 aliphatic rings. The van der Waals surface area contributed by atoms with Crippen molar-refractivity contribution in [1.82, 2.24) is 9.97 Å². The van der Waals surface area contributed by atoms with Crippen LogP contribution in [-0.2, 0) is 6.42 Å². The van der Waals surface area contributed by atoms with Gasteiger partial charge >= 0.3 is 0 Å². The van der Waals surface area contributed by atoms with E-state index in [1.54, 1.807) is 0 Å². The maximum Gasteiger partial charge on any atom is 0.139 e. The molecule has 0 amide bonds. The molecule has 192 valence electrons. The summed E-state index contributed by atoms with van der Waals surface area (Å²) < 4.78 is 0. The molecule has 3 aromatic rings. The first-order valence-corrected chi connectivity index (χ1v) is 13.8. The van der Waals surface area contributed by atoms with Gasteiger partial charge < -0.3 is 4.90 Å². The van der Waals surface area contributed by atoms with Crippen molar-refractivity contribution in [3.63, 3.8) is 0 Å². The first-order valence-electron chi connectivity index (χ1n) is 13.8. The number of rotatable bonds is 6. The molecule has 1 unspecified atom stereocenters. The smallest absolute Gasteiger partial charge is 0.139 e. The summed E-state index contributed by atoms with van der Waals surface area (Å²) in [4.78, 5) is 10.8. The predicted molar refractivity (Wildman–Crippen MR) is 154 cm³/mol. The molecule has 0 spiro atoms. The number of anilines is 1. The number of fused-ring (bicyclic) bond motifs is 1. The van der Waals surface area contributed by atoms with Gasteiger partial charge in [0.2, 0.25) is 0 Å². The Kier molecular flexibility index (Phi) is 12.8. The Morgan fingerprint density at radius 2 is 1.51 bits per heavy atom. The monoisotopic (exact) mass is 475 g/mol. The van der Waals surface area contributed by atoms with Crippen LogP contribution < -0.4 is 4.90 Å². The summed E-state index contributed by atoms with van der Waals surface area (Å²) in [7, 11) is 3.99. The highest BCUT2D eigenvalue weighted by Crippen LogP contribution is 2.30. The molecule has 1 saturated carbocycles. The normalized spacial score (nSPS) is 18.0. The van der Waals surface area contributed by atoms with Crippen LogP contribution in [0.3, 0.4) is 0 Å². The summed E-state index contributed by atoms with van der Waals surface area (Å²) in [5.41, 5.74) is 2.46. The average molecular weight is 476 g/mol. The van der Waals surface area contributed by atoms with Crippen molar-refractivity contribution >= 4 is 16.7 Å². The number of hydrogen-bond acceptors (Lipinski definition) is 3. The van der Waals surface area contributed by atoms with E-state index in [1.807, 2.05) is 50.2 Å². The van der Waals surface area contributed by atoms with Gasteiger partial charge in [0.1, 0.15) is 11.6 Å². The first-order chi connectivity index (χ1) is 16.8. The van der Waals surface area contributed by atoms with Crippen LogP contribution in [0.15, 0.2) is 54.6 Å². The van der Waals surface area contributed by atoms with Gasteiger partial charge in [-0.1, -0.05) is 115 Å². The van der Waals surface area contributed by atoms with E-state index in [1.165, 1.54) is 56.9 Å². The third kappa shape index (κ3) is 10.4. The van der Waals surface area contributed by atoms with E-state index in [0.717, 1.165) is 40.3 Å². The van der Waals surface area contributed by atoms with Gasteiger partial charge in [0.05, 0.1) is 5.52 Å². The fourth-order valence-corrected chi connectivity index (χ4v) is 4.70. The Labute approximate surface area is 215 Å². The summed E-state index contributed by atoms with van der Waals surface area (Å²) in [6.07, 6.45) is 11.4. The van der Waals surface area contributed by atoms with Crippen LogP contribution in [0.1, 0.15) is 84.0 Å². The van der Waals surface area contributed by atoms with Crippen LogP contribution in [0.5, 0.6) is 0 Å². The van der Waals surface area contributed by atoms with Crippen molar-refractivity contribution < 1.29 is 0 Å². The van der Waals surface area contributed by atoms with E-state index in [0.29, 0.717) is 0 Å². The molecule has 35 heavy (non-hydrogen) atoms. The van der Waals surface area contributed by atoms with E-state index in [4.69, 9.17) is 0 Å². The molecule has 1 heterocycles. The number of benzene rings is 2. The third-order valence-electron chi connectivity index (χ3n) is 7.07. The molecule has 1 aromatic heterocycles. The lowest BCUT2D eigenvalue weighted by atomic mass is 9.81. The average Bonchev–Trinajstić information content (AvgIpc) is 2.86. The molecule has 3 nitrogen and oxygen atoms in total. The van der Waals surface area contributed by atoms with Crippen molar-refractivity contribution in [2.45, 2.75) is 86.0 Å². The first kappa shape index (κ1) is 28.8. The molecule has 2 aromatic carbocycles. The minimum Gasteiger partial charge on any atom is -0.362 e. The molecule has 1 fully saturated rings. The van der Waals surface area contributed by atoms with Crippen LogP contribution in [-0.4, -0.2) is 24.1 Å². The van der Waals surface area contributed by atoms with E-state index in [2.05, 4.69) is 68.0 Å². The molecule has 0 radical (unpaired) electrons. The number of nitrogens with zero attached hydrogens (tertiary/aromatic N) is 3. The summed E-state index contributed by atoms with van der Waals surface area (Å²) in [5, 5.41) is 1.10. The van der Waals surface area contributed by atoms with Crippen LogP contribution in [0.2, 0.25) is 0 Å². The quantitative estimate of drug-likeness (QED) is 0.356. The maximum atomic E-state index is 4.42. The van der Waals surface area contributed by atoms with Crippen LogP contribution in [0.25, 0.3) is 10.9 Å². The maximum absolute atomic E-state index is 4.42. The molecule has 3 heteroatoms. The zero-order valence-electron chi connectivity index (χ0n) is 23.4. The van der Waals surface area contributed by atoms with Crippen molar-refractivity contribution in [3.05, 3.63) is 66.0 Å². The van der Waals surface area contributed by atoms with E-state index in [-0.39, 0.29) is 0 Å². The zero-order valence-corrected chi connectivity index (χ0v) is 23.4. The molecule has 0 saturated heterocycles. The fraction of sp³-hybridized carbons (Fsp3) is 0.562. The SMILES string of the molecule is CCC(C)Cc1ccccc1.CCCC1CCC(C)CC1.Cc1nc(N(C)C)c2ccccc2n1. The molecular weight excluding hydrogens is 426 g/mol. The Balaban J connectivity index is 0.000000189. The van der Waals surface area contributed by atoms with Crippen molar-refractivity contribution in [2.75, 3.05) is 19.0 Å².